The first kappa shape index (κ1) is 19.9. The molecule has 7 heteroatoms. The van der Waals surface area contributed by atoms with Gasteiger partial charge in [0.2, 0.25) is 0 Å². The van der Waals surface area contributed by atoms with Crippen LogP contribution in [0, 0.1) is 13.8 Å². The lowest BCUT2D eigenvalue weighted by Crippen LogP contribution is -2.45. The van der Waals surface area contributed by atoms with Crippen molar-refractivity contribution >= 4 is 0 Å². The van der Waals surface area contributed by atoms with Crippen molar-refractivity contribution in [3.05, 3.63) is 91.5 Å². The Kier molecular flexibility index (Phi) is 4.85. The summed E-state index contributed by atoms with van der Waals surface area (Å²) in [5, 5.41) is 4.71. The minimum atomic E-state index is -0.573. The summed E-state index contributed by atoms with van der Waals surface area (Å²) < 4.78 is 2.91. The number of benzene rings is 1. The Morgan fingerprint density at radius 3 is 2.48 bits per heavy atom. The highest BCUT2D eigenvalue weighted by atomic mass is 16.2. The molecule has 1 fully saturated rings. The van der Waals surface area contributed by atoms with Crippen molar-refractivity contribution in [1.29, 1.82) is 0 Å². The van der Waals surface area contributed by atoms with E-state index in [1.54, 1.807) is 10.8 Å². The molecule has 0 unspecified atom stereocenters. The molecular weight excluding hydrogens is 390 g/mol. The quantitative estimate of drug-likeness (QED) is 0.607. The molecule has 1 saturated heterocycles. The molecule has 0 saturated carbocycles. The predicted molar refractivity (Wildman–Crippen MR) is 118 cm³/mol. The van der Waals surface area contributed by atoms with E-state index in [4.69, 9.17) is 5.10 Å². The van der Waals surface area contributed by atoms with Crippen LogP contribution in [0.25, 0.3) is 0 Å². The monoisotopic (exact) mass is 417 g/mol. The van der Waals surface area contributed by atoms with Crippen LogP contribution < -0.4 is 11.1 Å². The number of aryl methyl sites for hydroxylation is 2. The molecule has 4 heterocycles. The summed E-state index contributed by atoms with van der Waals surface area (Å²) in [5.74, 6) is 0.760. The van der Waals surface area contributed by atoms with Gasteiger partial charge in [-0.25, -0.2) is 4.68 Å². The Balaban J connectivity index is 1.44. The zero-order valence-corrected chi connectivity index (χ0v) is 18.0. The van der Waals surface area contributed by atoms with Gasteiger partial charge < -0.3 is 0 Å². The van der Waals surface area contributed by atoms with Crippen LogP contribution in [0.2, 0.25) is 0 Å². The molecular formula is C24H27N5O2. The summed E-state index contributed by atoms with van der Waals surface area (Å²) in [4.78, 5) is 32.2. The number of hydrogen-bond donors (Lipinski definition) is 0. The maximum absolute atomic E-state index is 12.8. The largest absolute Gasteiger partial charge is 0.332 e. The minimum Gasteiger partial charge on any atom is -0.298 e. The molecule has 31 heavy (non-hydrogen) atoms. The van der Waals surface area contributed by atoms with E-state index in [1.807, 2.05) is 18.2 Å². The second-order valence-corrected chi connectivity index (χ2v) is 9.05. The third-order valence-electron chi connectivity index (χ3n) is 6.58. The summed E-state index contributed by atoms with van der Waals surface area (Å²) in [5.41, 5.74) is 3.39. The SMILES string of the molecule is Cc1cc(C)cc(CN2CC[C@]3(CCn4c3nn(Cc3ccccn3)c(=O)c4=O)C2)c1. The zero-order valence-electron chi connectivity index (χ0n) is 18.0. The van der Waals surface area contributed by atoms with Crippen molar-refractivity contribution in [2.24, 2.45) is 0 Å². The van der Waals surface area contributed by atoms with Crippen LogP contribution in [0.4, 0.5) is 0 Å². The Morgan fingerprint density at radius 2 is 1.74 bits per heavy atom. The molecule has 0 amide bonds. The topological polar surface area (TPSA) is 73.0 Å². The molecule has 5 rings (SSSR count). The second kappa shape index (κ2) is 7.57. The number of aromatic nitrogens is 4. The molecule has 1 atom stereocenters. The van der Waals surface area contributed by atoms with E-state index in [9.17, 15) is 9.59 Å². The summed E-state index contributed by atoms with van der Waals surface area (Å²) in [6.45, 7) is 7.75. The summed E-state index contributed by atoms with van der Waals surface area (Å²) in [6, 6.07) is 12.2. The molecule has 160 valence electrons. The molecule has 2 aliphatic heterocycles. The van der Waals surface area contributed by atoms with Gasteiger partial charge >= 0.3 is 11.1 Å². The highest BCUT2D eigenvalue weighted by molar-refractivity contribution is 5.29. The number of fused-ring (bicyclic) bond motifs is 2. The number of pyridine rings is 1. The van der Waals surface area contributed by atoms with E-state index in [1.165, 1.54) is 21.4 Å². The molecule has 0 radical (unpaired) electrons. The molecule has 0 bridgehead atoms. The van der Waals surface area contributed by atoms with Crippen LogP contribution in [-0.4, -0.2) is 37.3 Å². The second-order valence-electron chi connectivity index (χ2n) is 9.05. The van der Waals surface area contributed by atoms with Gasteiger partial charge in [0, 0.05) is 31.2 Å². The van der Waals surface area contributed by atoms with Gasteiger partial charge in [0.1, 0.15) is 5.82 Å². The van der Waals surface area contributed by atoms with Crippen LogP contribution >= 0.6 is 0 Å². The number of rotatable bonds is 4. The van der Waals surface area contributed by atoms with Crippen molar-refractivity contribution < 1.29 is 0 Å². The number of likely N-dealkylation sites (tertiary alicyclic amines) is 1. The van der Waals surface area contributed by atoms with Crippen LogP contribution in [0.3, 0.4) is 0 Å². The van der Waals surface area contributed by atoms with Crippen LogP contribution in [-0.2, 0) is 25.0 Å². The molecule has 1 aromatic carbocycles. The third-order valence-corrected chi connectivity index (χ3v) is 6.58. The van der Waals surface area contributed by atoms with E-state index in [-0.39, 0.29) is 12.0 Å². The first-order valence-corrected chi connectivity index (χ1v) is 10.9. The van der Waals surface area contributed by atoms with E-state index in [0.29, 0.717) is 6.54 Å². The Hall–Kier alpha value is -3.06. The Bertz CT molecular complexity index is 1230. The van der Waals surface area contributed by atoms with Gasteiger partial charge in [-0.1, -0.05) is 35.4 Å². The maximum Gasteiger partial charge on any atom is 0.332 e. The van der Waals surface area contributed by atoms with E-state index >= 15 is 0 Å². The minimum absolute atomic E-state index is 0.169. The van der Waals surface area contributed by atoms with Gasteiger partial charge in [-0.2, -0.15) is 5.10 Å². The van der Waals surface area contributed by atoms with Crippen LogP contribution in [0.5, 0.6) is 0 Å². The normalized spacial score (nSPS) is 20.5. The Morgan fingerprint density at radius 1 is 0.968 bits per heavy atom. The van der Waals surface area contributed by atoms with Crippen molar-refractivity contribution in [3.63, 3.8) is 0 Å². The predicted octanol–water partition coefficient (Wildman–Crippen LogP) is 2.01. The molecule has 2 aromatic heterocycles. The first-order chi connectivity index (χ1) is 14.9. The van der Waals surface area contributed by atoms with Gasteiger partial charge in [0.15, 0.2) is 0 Å². The molecule has 0 N–H and O–H groups in total. The van der Waals surface area contributed by atoms with E-state index < -0.39 is 11.1 Å². The molecule has 2 aliphatic rings. The van der Waals surface area contributed by atoms with Crippen molar-refractivity contribution in [2.45, 2.75) is 51.7 Å². The van der Waals surface area contributed by atoms with Gasteiger partial charge in [0.25, 0.3) is 0 Å². The Labute approximate surface area is 181 Å². The summed E-state index contributed by atoms with van der Waals surface area (Å²) >= 11 is 0. The molecule has 7 nitrogen and oxygen atoms in total. The lowest BCUT2D eigenvalue weighted by atomic mass is 9.85. The fourth-order valence-corrected chi connectivity index (χ4v) is 5.22. The van der Waals surface area contributed by atoms with Crippen molar-refractivity contribution in [1.82, 2.24) is 24.2 Å². The lowest BCUT2D eigenvalue weighted by molar-refractivity contribution is 0.298. The highest BCUT2D eigenvalue weighted by Crippen LogP contribution is 2.40. The third kappa shape index (κ3) is 3.63. The number of hydrogen-bond acceptors (Lipinski definition) is 5. The zero-order chi connectivity index (χ0) is 21.6. The van der Waals surface area contributed by atoms with Gasteiger partial charge in [-0.3, -0.25) is 24.0 Å². The maximum atomic E-state index is 12.8. The van der Waals surface area contributed by atoms with Crippen LogP contribution in [0.15, 0.2) is 52.2 Å². The molecule has 1 spiro atoms. The fourth-order valence-electron chi connectivity index (χ4n) is 5.22. The summed E-state index contributed by atoms with van der Waals surface area (Å²) in [6.07, 6.45) is 3.49. The molecule has 0 aliphatic carbocycles. The highest BCUT2D eigenvalue weighted by Gasteiger charge is 2.47. The average molecular weight is 418 g/mol. The van der Waals surface area contributed by atoms with Crippen LogP contribution in [0.1, 0.15) is 41.1 Å². The fraction of sp³-hybridized carbons (Fsp3) is 0.417. The van der Waals surface area contributed by atoms with Crippen molar-refractivity contribution in [2.75, 3.05) is 13.1 Å². The van der Waals surface area contributed by atoms with Gasteiger partial charge in [-0.05, 0) is 50.9 Å². The smallest absolute Gasteiger partial charge is 0.298 e. The molecule has 3 aromatic rings. The van der Waals surface area contributed by atoms with E-state index in [2.05, 4.69) is 41.9 Å². The summed E-state index contributed by atoms with van der Waals surface area (Å²) in [7, 11) is 0. The number of nitrogens with zero attached hydrogens (tertiary/aromatic N) is 5. The van der Waals surface area contributed by atoms with Crippen molar-refractivity contribution in [3.8, 4) is 0 Å². The first-order valence-electron chi connectivity index (χ1n) is 10.9. The lowest BCUT2D eigenvalue weighted by Gasteiger charge is -2.24. The van der Waals surface area contributed by atoms with E-state index in [0.717, 1.165) is 44.0 Å². The van der Waals surface area contributed by atoms with Gasteiger partial charge in [0.05, 0.1) is 12.2 Å². The van der Waals surface area contributed by atoms with Gasteiger partial charge in [-0.15, -0.1) is 0 Å². The average Bonchev–Trinajstić information content (AvgIpc) is 3.30. The standard InChI is InChI=1S/C24H27N5O2/c1-17-11-18(2)13-19(12-17)14-27-9-6-24(16-27)7-10-28-21(30)22(31)29(26-23(24)28)15-20-5-3-4-8-25-20/h3-5,8,11-13H,6-7,9-10,14-16H2,1-2H3/t24-/m0/s1.